The van der Waals surface area contributed by atoms with Crippen molar-refractivity contribution >= 4 is 0 Å². The highest BCUT2D eigenvalue weighted by Crippen LogP contribution is 2.41. The fraction of sp³-hybridized carbons (Fsp3) is 1.00. The van der Waals surface area contributed by atoms with Crippen LogP contribution in [0.3, 0.4) is 0 Å². The van der Waals surface area contributed by atoms with E-state index in [0.29, 0.717) is 17.5 Å². The molecule has 0 spiro atoms. The minimum Gasteiger partial charge on any atom is -0.379 e. The van der Waals surface area contributed by atoms with Gasteiger partial charge < -0.3 is 15.0 Å². The maximum absolute atomic E-state index is 5.82. The van der Waals surface area contributed by atoms with E-state index in [1.54, 1.807) is 0 Å². The Morgan fingerprint density at radius 3 is 2.57 bits per heavy atom. The Hall–Kier alpha value is -0.160. The SMILES string of the molecule is CC(C)C1CNC(C)(C2CC2)CN1CCOCCN(C)C. The monoisotopic (exact) mass is 297 g/mol. The summed E-state index contributed by atoms with van der Waals surface area (Å²) < 4.78 is 5.82. The predicted octanol–water partition coefficient (Wildman–Crippen LogP) is 1.66. The molecule has 1 aliphatic carbocycles. The molecule has 0 aromatic heterocycles. The third-order valence-corrected chi connectivity index (χ3v) is 5.17. The first-order valence-corrected chi connectivity index (χ1v) is 8.64. The molecule has 0 radical (unpaired) electrons. The van der Waals surface area contributed by atoms with Crippen LogP contribution in [0, 0.1) is 11.8 Å². The van der Waals surface area contributed by atoms with Gasteiger partial charge in [0.25, 0.3) is 0 Å². The Labute approximate surface area is 131 Å². The van der Waals surface area contributed by atoms with Crippen molar-refractivity contribution in [3.63, 3.8) is 0 Å². The minimum absolute atomic E-state index is 0.328. The van der Waals surface area contributed by atoms with Crippen molar-refractivity contribution in [3.8, 4) is 0 Å². The second-order valence-electron chi connectivity index (χ2n) is 7.77. The van der Waals surface area contributed by atoms with Crippen LogP contribution in [0.25, 0.3) is 0 Å². The number of piperazine rings is 1. The largest absolute Gasteiger partial charge is 0.379 e. The van der Waals surface area contributed by atoms with Gasteiger partial charge in [0.2, 0.25) is 0 Å². The summed E-state index contributed by atoms with van der Waals surface area (Å²) in [6.07, 6.45) is 2.81. The lowest BCUT2D eigenvalue weighted by Crippen LogP contribution is -2.65. The van der Waals surface area contributed by atoms with Gasteiger partial charge in [-0.2, -0.15) is 0 Å². The topological polar surface area (TPSA) is 27.7 Å². The molecule has 1 saturated carbocycles. The summed E-state index contributed by atoms with van der Waals surface area (Å²) >= 11 is 0. The van der Waals surface area contributed by atoms with Crippen LogP contribution < -0.4 is 5.32 Å². The number of hydrogen-bond donors (Lipinski definition) is 1. The first-order chi connectivity index (χ1) is 9.92. The molecule has 2 unspecified atom stereocenters. The van der Waals surface area contributed by atoms with E-state index in [1.807, 2.05) is 0 Å². The number of rotatable bonds is 8. The number of nitrogens with zero attached hydrogens (tertiary/aromatic N) is 2. The van der Waals surface area contributed by atoms with Crippen LogP contribution in [0.5, 0.6) is 0 Å². The summed E-state index contributed by atoms with van der Waals surface area (Å²) in [6, 6.07) is 0.647. The zero-order valence-electron chi connectivity index (χ0n) is 14.7. The molecule has 1 aliphatic heterocycles. The summed E-state index contributed by atoms with van der Waals surface area (Å²) in [5.74, 6) is 1.59. The van der Waals surface area contributed by atoms with Crippen LogP contribution in [0.2, 0.25) is 0 Å². The van der Waals surface area contributed by atoms with Crippen molar-refractivity contribution < 1.29 is 4.74 Å². The summed E-state index contributed by atoms with van der Waals surface area (Å²) in [5, 5.41) is 3.85. The average Bonchev–Trinajstić information content (AvgIpc) is 3.22. The van der Waals surface area contributed by atoms with Gasteiger partial charge in [0.1, 0.15) is 0 Å². The van der Waals surface area contributed by atoms with Gasteiger partial charge in [-0.1, -0.05) is 13.8 Å². The zero-order valence-corrected chi connectivity index (χ0v) is 14.7. The lowest BCUT2D eigenvalue weighted by molar-refractivity contribution is 0.0210. The molecular weight excluding hydrogens is 262 g/mol. The molecule has 0 aromatic carbocycles. The van der Waals surface area contributed by atoms with Crippen LogP contribution in [0.4, 0.5) is 0 Å². The number of ether oxygens (including phenoxy) is 1. The van der Waals surface area contributed by atoms with Crippen molar-refractivity contribution in [3.05, 3.63) is 0 Å². The zero-order chi connectivity index (χ0) is 15.5. The molecule has 2 aliphatic rings. The van der Waals surface area contributed by atoms with E-state index < -0.39 is 0 Å². The maximum atomic E-state index is 5.82. The van der Waals surface area contributed by atoms with Gasteiger partial charge in [-0.25, -0.2) is 0 Å². The van der Waals surface area contributed by atoms with E-state index >= 15 is 0 Å². The molecule has 124 valence electrons. The van der Waals surface area contributed by atoms with Crippen molar-refractivity contribution in [2.24, 2.45) is 11.8 Å². The van der Waals surface area contributed by atoms with E-state index in [1.165, 1.54) is 19.4 Å². The van der Waals surface area contributed by atoms with Crippen LogP contribution in [-0.2, 0) is 4.74 Å². The lowest BCUT2D eigenvalue weighted by Gasteiger charge is -2.48. The number of nitrogens with one attached hydrogen (secondary N) is 1. The van der Waals surface area contributed by atoms with E-state index in [2.05, 4.69) is 50.0 Å². The Morgan fingerprint density at radius 2 is 2.00 bits per heavy atom. The third kappa shape index (κ3) is 4.92. The van der Waals surface area contributed by atoms with Gasteiger partial charge >= 0.3 is 0 Å². The molecular formula is C17H35N3O. The molecule has 1 heterocycles. The summed E-state index contributed by atoms with van der Waals surface area (Å²) in [5.41, 5.74) is 0.328. The molecule has 4 heteroatoms. The molecule has 0 aromatic rings. The fourth-order valence-corrected chi connectivity index (χ4v) is 3.49. The molecule has 0 bridgehead atoms. The molecule has 2 fully saturated rings. The Bertz CT molecular complexity index is 317. The van der Waals surface area contributed by atoms with Gasteiger partial charge in [-0.15, -0.1) is 0 Å². The summed E-state index contributed by atoms with van der Waals surface area (Å²) in [7, 11) is 4.19. The average molecular weight is 297 g/mol. The van der Waals surface area contributed by atoms with Crippen LogP contribution >= 0.6 is 0 Å². The molecule has 2 atom stereocenters. The molecule has 1 N–H and O–H groups in total. The second kappa shape index (κ2) is 7.40. The van der Waals surface area contributed by atoms with E-state index in [4.69, 9.17) is 4.74 Å². The Kier molecular flexibility index (Phi) is 6.06. The Morgan fingerprint density at radius 1 is 1.29 bits per heavy atom. The molecule has 2 rings (SSSR count). The fourth-order valence-electron chi connectivity index (χ4n) is 3.49. The summed E-state index contributed by atoms with van der Waals surface area (Å²) in [6.45, 7) is 13.2. The third-order valence-electron chi connectivity index (χ3n) is 5.17. The lowest BCUT2D eigenvalue weighted by atomic mass is 9.88. The maximum Gasteiger partial charge on any atom is 0.0594 e. The van der Waals surface area contributed by atoms with Gasteiger partial charge in [-0.05, 0) is 45.7 Å². The van der Waals surface area contributed by atoms with Gasteiger partial charge in [0.05, 0.1) is 13.2 Å². The normalized spacial score (nSPS) is 31.3. The van der Waals surface area contributed by atoms with Crippen LogP contribution in [0.15, 0.2) is 0 Å². The highest BCUT2D eigenvalue weighted by molar-refractivity contribution is 5.04. The van der Waals surface area contributed by atoms with Crippen molar-refractivity contribution in [2.45, 2.75) is 45.2 Å². The molecule has 21 heavy (non-hydrogen) atoms. The van der Waals surface area contributed by atoms with Crippen molar-refractivity contribution in [1.29, 1.82) is 0 Å². The van der Waals surface area contributed by atoms with Gasteiger partial charge in [0.15, 0.2) is 0 Å². The molecule has 4 nitrogen and oxygen atoms in total. The van der Waals surface area contributed by atoms with Crippen LogP contribution in [0.1, 0.15) is 33.6 Å². The summed E-state index contributed by atoms with van der Waals surface area (Å²) in [4.78, 5) is 4.85. The number of likely N-dealkylation sites (N-methyl/N-ethyl adjacent to an activating group) is 1. The van der Waals surface area contributed by atoms with Gasteiger partial charge in [-0.3, -0.25) is 4.90 Å². The smallest absolute Gasteiger partial charge is 0.0594 e. The van der Waals surface area contributed by atoms with Gasteiger partial charge in [0, 0.05) is 37.8 Å². The van der Waals surface area contributed by atoms with Crippen molar-refractivity contribution in [1.82, 2.24) is 15.1 Å². The van der Waals surface area contributed by atoms with E-state index in [0.717, 1.165) is 38.8 Å². The van der Waals surface area contributed by atoms with E-state index in [-0.39, 0.29) is 0 Å². The van der Waals surface area contributed by atoms with E-state index in [9.17, 15) is 0 Å². The Balaban J connectivity index is 1.80. The molecule has 0 amide bonds. The predicted molar refractivity (Wildman–Crippen MR) is 88.7 cm³/mol. The second-order valence-corrected chi connectivity index (χ2v) is 7.77. The number of hydrogen-bond acceptors (Lipinski definition) is 4. The first-order valence-electron chi connectivity index (χ1n) is 8.64. The van der Waals surface area contributed by atoms with Crippen molar-refractivity contribution in [2.75, 3.05) is 53.5 Å². The first kappa shape index (κ1) is 17.2. The quantitative estimate of drug-likeness (QED) is 0.690. The van der Waals surface area contributed by atoms with Crippen LogP contribution in [-0.4, -0.2) is 74.9 Å². The highest BCUT2D eigenvalue weighted by Gasteiger charge is 2.46. The highest BCUT2D eigenvalue weighted by atomic mass is 16.5. The molecule has 1 saturated heterocycles. The standard InChI is InChI=1S/C17H35N3O/c1-14(2)16-12-18-17(3,15-6-7-15)13-20(16)9-11-21-10-8-19(4)5/h14-16,18H,6-13H2,1-5H3. The minimum atomic E-state index is 0.328.